The van der Waals surface area contributed by atoms with Crippen molar-refractivity contribution in [1.29, 1.82) is 0 Å². The Morgan fingerprint density at radius 2 is 1.89 bits per heavy atom. The molecule has 0 saturated carbocycles. The third kappa shape index (κ3) is 3.67. The van der Waals surface area contributed by atoms with E-state index in [9.17, 15) is 4.39 Å². The first-order valence-electron chi connectivity index (χ1n) is 9.53. The second-order valence-electron chi connectivity index (χ2n) is 7.24. The van der Waals surface area contributed by atoms with Crippen LogP contribution in [0.15, 0.2) is 55.1 Å². The van der Waals surface area contributed by atoms with E-state index in [1.807, 2.05) is 31.2 Å². The highest BCUT2D eigenvalue weighted by molar-refractivity contribution is 6.33. The van der Waals surface area contributed by atoms with Crippen molar-refractivity contribution in [1.82, 2.24) is 4.98 Å². The largest absolute Gasteiger partial charge is 0.340 e. The van der Waals surface area contributed by atoms with Crippen LogP contribution in [0.4, 0.5) is 10.2 Å². The van der Waals surface area contributed by atoms with Gasteiger partial charge >= 0.3 is 0 Å². The molecule has 0 fully saturated rings. The zero-order valence-electron chi connectivity index (χ0n) is 15.9. The van der Waals surface area contributed by atoms with E-state index >= 15 is 0 Å². The number of pyridine rings is 1. The molecular weight excluding hydrogens is 371 g/mol. The molecule has 0 spiro atoms. The van der Waals surface area contributed by atoms with Crippen LogP contribution < -0.4 is 5.32 Å². The SMILES string of the molecule is C=C(Nc1nc(-c2ccccc2Cl)cc2c1CCCC2)c1cc(F)ccc1C. The van der Waals surface area contributed by atoms with Crippen molar-refractivity contribution in [3.05, 3.63) is 88.2 Å². The van der Waals surface area contributed by atoms with Crippen molar-refractivity contribution >= 4 is 23.1 Å². The highest BCUT2D eigenvalue weighted by atomic mass is 35.5. The van der Waals surface area contributed by atoms with Crippen LogP contribution >= 0.6 is 11.6 Å². The lowest BCUT2D eigenvalue weighted by molar-refractivity contribution is 0.627. The van der Waals surface area contributed by atoms with Crippen molar-refractivity contribution in [3.8, 4) is 11.3 Å². The molecule has 2 aromatic carbocycles. The van der Waals surface area contributed by atoms with Crippen molar-refractivity contribution in [3.63, 3.8) is 0 Å². The molecule has 1 N–H and O–H groups in total. The monoisotopic (exact) mass is 392 g/mol. The molecule has 1 heterocycles. The minimum atomic E-state index is -0.275. The summed E-state index contributed by atoms with van der Waals surface area (Å²) in [4.78, 5) is 4.88. The minimum absolute atomic E-state index is 0.275. The average molecular weight is 393 g/mol. The van der Waals surface area contributed by atoms with Gasteiger partial charge in [0, 0.05) is 21.8 Å². The molecular formula is C24H22ClFN2. The number of aromatic nitrogens is 1. The summed E-state index contributed by atoms with van der Waals surface area (Å²) >= 11 is 6.41. The fourth-order valence-electron chi connectivity index (χ4n) is 3.78. The Labute approximate surface area is 170 Å². The lowest BCUT2D eigenvalue weighted by atomic mass is 9.91. The van der Waals surface area contributed by atoms with Crippen molar-refractivity contribution in [2.75, 3.05) is 5.32 Å². The van der Waals surface area contributed by atoms with Gasteiger partial charge in [0.25, 0.3) is 0 Å². The summed E-state index contributed by atoms with van der Waals surface area (Å²) in [6, 6.07) is 14.6. The average Bonchev–Trinajstić information content (AvgIpc) is 2.70. The summed E-state index contributed by atoms with van der Waals surface area (Å²) in [5, 5.41) is 4.05. The number of nitrogens with one attached hydrogen (secondary N) is 1. The van der Waals surface area contributed by atoms with Crippen LogP contribution in [-0.4, -0.2) is 4.98 Å². The Balaban J connectivity index is 1.77. The molecule has 142 valence electrons. The first-order valence-corrected chi connectivity index (χ1v) is 9.91. The molecule has 0 atom stereocenters. The van der Waals surface area contributed by atoms with Gasteiger partial charge in [0.05, 0.1) is 5.69 Å². The zero-order chi connectivity index (χ0) is 19.7. The van der Waals surface area contributed by atoms with Gasteiger partial charge in [0.2, 0.25) is 0 Å². The number of rotatable bonds is 4. The van der Waals surface area contributed by atoms with Gasteiger partial charge in [0.1, 0.15) is 11.6 Å². The molecule has 4 rings (SSSR count). The van der Waals surface area contributed by atoms with Crippen LogP contribution in [-0.2, 0) is 12.8 Å². The van der Waals surface area contributed by atoms with E-state index in [4.69, 9.17) is 16.6 Å². The second-order valence-corrected chi connectivity index (χ2v) is 7.65. The highest BCUT2D eigenvalue weighted by Gasteiger charge is 2.19. The Bertz CT molecular complexity index is 1060. The van der Waals surface area contributed by atoms with Crippen LogP contribution in [0.3, 0.4) is 0 Å². The molecule has 4 heteroatoms. The number of aryl methyl sites for hydroxylation is 2. The first kappa shape index (κ1) is 18.7. The third-order valence-corrected chi connectivity index (χ3v) is 5.61. The van der Waals surface area contributed by atoms with Crippen LogP contribution in [0.5, 0.6) is 0 Å². The second kappa shape index (κ2) is 7.76. The van der Waals surface area contributed by atoms with Crippen LogP contribution in [0, 0.1) is 12.7 Å². The lowest BCUT2D eigenvalue weighted by Gasteiger charge is -2.22. The van der Waals surface area contributed by atoms with Gasteiger partial charge in [-0.2, -0.15) is 0 Å². The number of fused-ring (bicyclic) bond motifs is 1. The fourth-order valence-corrected chi connectivity index (χ4v) is 4.02. The van der Waals surface area contributed by atoms with Crippen molar-refractivity contribution < 1.29 is 4.39 Å². The van der Waals surface area contributed by atoms with Crippen LogP contribution in [0.25, 0.3) is 17.0 Å². The van der Waals surface area contributed by atoms with E-state index in [0.717, 1.165) is 47.5 Å². The van der Waals surface area contributed by atoms with E-state index in [1.165, 1.54) is 29.7 Å². The fraction of sp³-hybridized carbons (Fsp3) is 0.208. The lowest BCUT2D eigenvalue weighted by Crippen LogP contribution is -2.11. The van der Waals surface area contributed by atoms with E-state index in [0.29, 0.717) is 10.7 Å². The Hall–Kier alpha value is -2.65. The van der Waals surface area contributed by atoms with Gasteiger partial charge in [-0.05, 0) is 73.6 Å². The normalized spacial score (nSPS) is 13.1. The zero-order valence-corrected chi connectivity index (χ0v) is 16.6. The predicted octanol–water partition coefficient (Wildman–Crippen LogP) is 6.81. The van der Waals surface area contributed by atoms with E-state index in [2.05, 4.69) is 18.0 Å². The van der Waals surface area contributed by atoms with Crippen LogP contribution in [0.2, 0.25) is 5.02 Å². The molecule has 0 bridgehead atoms. The molecule has 3 aromatic rings. The summed E-state index contributed by atoms with van der Waals surface area (Å²) in [6.45, 7) is 6.10. The first-order chi connectivity index (χ1) is 13.5. The summed E-state index contributed by atoms with van der Waals surface area (Å²) in [6.07, 6.45) is 4.31. The summed E-state index contributed by atoms with van der Waals surface area (Å²) in [7, 11) is 0. The Morgan fingerprint density at radius 1 is 1.11 bits per heavy atom. The van der Waals surface area contributed by atoms with Gasteiger partial charge in [-0.3, -0.25) is 0 Å². The van der Waals surface area contributed by atoms with Gasteiger partial charge in [0.15, 0.2) is 0 Å². The molecule has 0 saturated heterocycles. The molecule has 1 aliphatic rings. The molecule has 0 aliphatic heterocycles. The molecule has 28 heavy (non-hydrogen) atoms. The maximum atomic E-state index is 13.8. The third-order valence-electron chi connectivity index (χ3n) is 5.28. The van der Waals surface area contributed by atoms with Crippen molar-refractivity contribution in [2.45, 2.75) is 32.6 Å². The molecule has 1 aromatic heterocycles. The van der Waals surface area contributed by atoms with E-state index in [1.54, 1.807) is 6.07 Å². The summed E-state index contributed by atoms with van der Waals surface area (Å²) in [5.41, 5.74) is 6.64. The highest BCUT2D eigenvalue weighted by Crippen LogP contribution is 2.34. The summed E-state index contributed by atoms with van der Waals surface area (Å²) in [5.74, 6) is 0.518. The molecule has 0 radical (unpaired) electrons. The van der Waals surface area contributed by atoms with Gasteiger partial charge in [-0.25, -0.2) is 9.37 Å². The Morgan fingerprint density at radius 3 is 2.71 bits per heavy atom. The number of nitrogens with zero attached hydrogens (tertiary/aromatic N) is 1. The minimum Gasteiger partial charge on any atom is -0.340 e. The quantitative estimate of drug-likeness (QED) is 0.527. The predicted molar refractivity (Wildman–Crippen MR) is 115 cm³/mol. The topological polar surface area (TPSA) is 24.9 Å². The maximum absolute atomic E-state index is 13.8. The standard InChI is InChI=1S/C24H22ClFN2/c1-15-11-12-18(26)14-21(15)16(2)27-24-19-8-4-3-7-17(19)13-23(28-24)20-9-5-6-10-22(20)25/h5-6,9-14H,2-4,7-8H2,1H3,(H,27,28). The van der Waals surface area contributed by atoms with E-state index < -0.39 is 0 Å². The van der Waals surface area contributed by atoms with E-state index in [-0.39, 0.29) is 5.82 Å². The Kier molecular flexibility index (Phi) is 5.19. The molecule has 0 amide bonds. The smallest absolute Gasteiger partial charge is 0.134 e. The van der Waals surface area contributed by atoms with Gasteiger partial charge in [-0.1, -0.05) is 42.4 Å². The summed E-state index contributed by atoms with van der Waals surface area (Å²) < 4.78 is 13.8. The maximum Gasteiger partial charge on any atom is 0.134 e. The van der Waals surface area contributed by atoms with Crippen LogP contribution in [0.1, 0.15) is 35.1 Å². The number of halogens is 2. The number of benzene rings is 2. The molecule has 1 aliphatic carbocycles. The molecule has 2 nitrogen and oxygen atoms in total. The number of hydrogen-bond donors (Lipinski definition) is 1. The van der Waals surface area contributed by atoms with Gasteiger partial charge < -0.3 is 5.32 Å². The number of anilines is 1. The molecule has 0 unspecified atom stereocenters. The van der Waals surface area contributed by atoms with Gasteiger partial charge in [-0.15, -0.1) is 0 Å². The number of hydrogen-bond acceptors (Lipinski definition) is 2. The van der Waals surface area contributed by atoms with Crippen molar-refractivity contribution in [2.24, 2.45) is 0 Å².